The summed E-state index contributed by atoms with van der Waals surface area (Å²) in [7, 11) is 1.53. The van der Waals surface area contributed by atoms with Crippen molar-refractivity contribution in [2.75, 3.05) is 25.6 Å². The summed E-state index contributed by atoms with van der Waals surface area (Å²) in [6.07, 6.45) is -0.915. The molecule has 0 aliphatic heterocycles. The molecule has 10 heteroatoms. The summed E-state index contributed by atoms with van der Waals surface area (Å²) in [6, 6.07) is 11.2. The highest BCUT2D eigenvalue weighted by Crippen LogP contribution is 2.26. The molecule has 10 nitrogen and oxygen atoms in total. The van der Waals surface area contributed by atoms with Crippen molar-refractivity contribution in [2.45, 2.75) is 52.3 Å². The maximum Gasteiger partial charge on any atom is 0.408 e. The van der Waals surface area contributed by atoms with E-state index in [9.17, 15) is 24.8 Å². The van der Waals surface area contributed by atoms with Crippen LogP contribution in [-0.4, -0.2) is 59.8 Å². The van der Waals surface area contributed by atoms with Gasteiger partial charge in [-0.2, -0.15) is 5.26 Å². The predicted molar refractivity (Wildman–Crippen MR) is 138 cm³/mol. The minimum atomic E-state index is -1.44. The van der Waals surface area contributed by atoms with Gasteiger partial charge >= 0.3 is 6.09 Å². The number of aryl methyl sites for hydroxylation is 2. The van der Waals surface area contributed by atoms with Crippen LogP contribution in [-0.2, 0) is 14.3 Å². The van der Waals surface area contributed by atoms with Crippen LogP contribution in [0.3, 0.4) is 0 Å². The fourth-order valence-corrected chi connectivity index (χ4v) is 3.50. The standard InChI is InChI=1S/C27H34N4O6/c1-17-7-8-19(15-18(17)2)23(24(33)29-20-9-11-21(36-6)12-10-20)31(14-13-28)25(34)22(16-32)30-26(35)37-27(3,4)5/h7-12,15,22-23,32H,14,16H2,1-6H3,(H,29,33)(H,30,35). The van der Waals surface area contributed by atoms with Crippen LogP contribution in [0.4, 0.5) is 10.5 Å². The summed E-state index contributed by atoms with van der Waals surface area (Å²) in [4.78, 5) is 40.4. The molecule has 0 aliphatic carbocycles. The number of rotatable bonds is 9. The largest absolute Gasteiger partial charge is 0.497 e. The van der Waals surface area contributed by atoms with Gasteiger partial charge in [-0.3, -0.25) is 9.59 Å². The van der Waals surface area contributed by atoms with Crippen LogP contribution in [0, 0.1) is 25.2 Å². The molecule has 2 aromatic rings. The van der Waals surface area contributed by atoms with Crippen LogP contribution < -0.4 is 15.4 Å². The summed E-state index contributed by atoms with van der Waals surface area (Å²) in [6.45, 7) is 7.51. The maximum absolute atomic E-state index is 13.6. The third-order valence-corrected chi connectivity index (χ3v) is 5.46. The molecule has 2 unspecified atom stereocenters. The molecular weight excluding hydrogens is 476 g/mol. The number of ether oxygens (including phenoxy) is 2. The monoisotopic (exact) mass is 510 g/mol. The Morgan fingerprint density at radius 3 is 2.24 bits per heavy atom. The number of nitrogens with zero attached hydrogens (tertiary/aromatic N) is 2. The van der Waals surface area contributed by atoms with Crippen LogP contribution in [0.2, 0.25) is 0 Å². The van der Waals surface area contributed by atoms with Crippen molar-refractivity contribution in [3.05, 3.63) is 59.2 Å². The third-order valence-electron chi connectivity index (χ3n) is 5.46. The van der Waals surface area contributed by atoms with Gasteiger partial charge in [0.1, 0.15) is 30.0 Å². The van der Waals surface area contributed by atoms with E-state index in [4.69, 9.17) is 9.47 Å². The van der Waals surface area contributed by atoms with E-state index in [0.717, 1.165) is 16.0 Å². The molecule has 0 aliphatic rings. The molecular formula is C27H34N4O6. The number of aliphatic hydroxyl groups is 1. The highest BCUT2D eigenvalue weighted by molar-refractivity contribution is 5.99. The molecule has 0 bridgehead atoms. The van der Waals surface area contributed by atoms with Crippen LogP contribution in [0.1, 0.15) is 43.5 Å². The Labute approximate surface area is 217 Å². The second kappa shape index (κ2) is 12.7. The van der Waals surface area contributed by atoms with Crippen molar-refractivity contribution < 1.29 is 29.0 Å². The van der Waals surface area contributed by atoms with Crippen molar-refractivity contribution in [3.63, 3.8) is 0 Å². The lowest BCUT2D eigenvalue weighted by molar-refractivity contribution is -0.140. The smallest absolute Gasteiger partial charge is 0.408 e. The first-order chi connectivity index (χ1) is 17.4. The molecule has 0 spiro atoms. The van der Waals surface area contributed by atoms with E-state index in [2.05, 4.69) is 10.6 Å². The Morgan fingerprint density at radius 2 is 1.73 bits per heavy atom. The lowest BCUT2D eigenvalue weighted by Gasteiger charge is -2.32. The molecule has 0 fully saturated rings. The molecule has 2 rings (SSSR count). The average Bonchev–Trinajstić information content (AvgIpc) is 2.83. The summed E-state index contributed by atoms with van der Waals surface area (Å²) in [5.41, 5.74) is 1.95. The van der Waals surface area contributed by atoms with Crippen molar-refractivity contribution in [1.29, 1.82) is 5.26 Å². The van der Waals surface area contributed by atoms with Gasteiger partial charge in [0.2, 0.25) is 5.91 Å². The van der Waals surface area contributed by atoms with Gasteiger partial charge in [0.25, 0.3) is 5.91 Å². The van der Waals surface area contributed by atoms with Gasteiger partial charge in [0.15, 0.2) is 0 Å². The second-order valence-corrected chi connectivity index (χ2v) is 9.47. The number of aliphatic hydroxyl groups excluding tert-OH is 1. The van der Waals surface area contributed by atoms with E-state index in [1.807, 2.05) is 26.0 Å². The Bertz CT molecular complexity index is 1150. The van der Waals surface area contributed by atoms with Crippen LogP contribution >= 0.6 is 0 Å². The molecule has 3 amide bonds. The molecule has 3 N–H and O–H groups in total. The Kier molecular flexibility index (Phi) is 10.0. The Balaban J connectivity index is 2.47. The summed E-state index contributed by atoms with van der Waals surface area (Å²) in [5, 5.41) is 24.5. The van der Waals surface area contributed by atoms with Gasteiger partial charge in [-0.15, -0.1) is 0 Å². The maximum atomic E-state index is 13.6. The zero-order chi connectivity index (χ0) is 27.8. The zero-order valence-electron chi connectivity index (χ0n) is 22.0. The molecule has 37 heavy (non-hydrogen) atoms. The van der Waals surface area contributed by atoms with Gasteiger partial charge in [-0.05, 0) is 75.6 Å². The molecule has 0 aromatic heterocycles. The number of nitriles is 1. The van der Waals surface area contributed by atoms with Gasteiger partial charge in [-0.25, -0.2) is 4.79 Å². The molecule has 0 saturated heterocycles. The average molecular weight is 511 g/mol. The van der Waals surface area contributed by atoms with Gasteiger partial charge in [0, 0.05) is 5.69 Å². The number of amides is 3. The number of carbonyl (C=O) groups excluding carboxylic acids is 3. The second-order valence-electron chi connectivity index (χ2n) is 9.47. The number of benzene rings is 2. The number of alkyl carbamates (subject to hydrolysis) is 1. The van der Waals surface area contributed by atoms with Crippen LogP contribution in [0.15, 0.2) is 42.5 Å². The lowest BCUT2D eigenvalue weighted by atomic mass is 9.98. The fraction of sp³-hybridized carbons (Fsp3) is 0.407. The number of carbonyl (C=O) groups is 3. The lowest BCUT2D eigenvalue weighted by Crippen LogP contribution is -2.54. The van der Waals surface area contributed by atoms with Crippen LogP contribution in [0.25, 0.3) is 0 Å². The molecule has 0 radical (unpaired) electrons. The molecule has 0 saturated carbocycles. The molecule has 2 atom stereocenters. The Morgan fingerprint density at radius 1 is 1.08 bits per heavy atom. The van der Waals surface area contributed by atoms with Crippen molar-refractivity contribution in [3.8, 4) is 11.8 Å². The van der Waals surface area contributed by atoms with E-state index in [1.54, 1.807) is 57.2 Å². The first-order valence-electron chi connectivity index (χ1n) is 11.7. The quantitative estimate of drug-likeness (QED) is 0.440. The summed E-state index contributed by atoms with van der Waals surface area (Å²) < 4.78 is 10.3. The predicted octanol–water partition coefficient (Wildman–Crippen LogP) is 3.23. The highest BCUT2D eigenvalue weighted by Gasteiger charge is 2.36. The van der Waals surface area contributed by atoms with E-state index >= 15 is 0 Å². The molecule has 198 valence electrons. The summed E-state index contributed by atoms with van der Waals surface area (Å²) >= 11 is 0. The van der Waals surface area contributed by atoms with Crippen molar-refractivity contribution in [1.82, 2.24) is 10.2 Å². The van der Waals surface area contributed by atoms with Gasteiger partial charge in [-0.1, -0.05) is 18.2 Å². The topological polar surface area (TPSA) is 141 Å². The number of nitrogens with one attached hydrogen (secondary N) is 2. The minimum Gasteiger partial charge on any atom is -0.497 e. The fourth-order valence-electron chi connectivity index (χ4n) is 3.50. The SMILES string of the molecule is COc1ccc(NC(=O)C(c2ccc(C)c(C)c2)N(CC#N)C(=O)C(CO)NC(=O)OC(C)(C)C)cc1. The van der Waals surface area contributed by atoms with Crippen LogP contribution in [0.5, 0.6) is 5.75 Å². The van der Waals surface area contributed by atoms with Gasteiger partial charge in [0.05, 0.1) is 19.8 Å². The van der Waals surface area contributed by atoms with Crippen molar-refractivity contribution in [2.24, 2.45) is 0 Å². The number of methoxy groups -OCH3 is 1. The highest BCUT2D eigenvalue weighted by atomic mass is 16.6. The van der Waals surface area contributed by atoms with Gasteiger partial charge < -0.3 is 30.1 Å². The number of hydrogen-bond donors (Lipinski definition) is 3. The normalized spacial score (nSPS) is 12.5. The van der Waals surface area contributed by atoms with E-state index in [1.165, 1.54) is 7.11 Å². The third kappa shape index (κ3) is 8.22. The van der Waals surface area contributed by atoms with E-state index in [-0.39, 0.29) is 0 Å². The summed E-state index contributed by atoms with van der Waals surface area (Å²) in [5.74, 6) is -0.794. The number of anilines is 1. The van der Waals surface area contributed by atoms with E-state index < -0.39 is 48.7 Å². The minimum absolute atomic E-state index is 0.453. The number of hydrogen-bond acceptors (Lipinski definition) is 7. The molecule has 2 aromatic carbocycles. The Hall–Kier alpha value is -4.10. The zero-order valence-corrected chi connectivity index (χ0v) is 22.0. The molecule has 0 heterocycles. The van der Waals surface area contributed by atoms with Crippen molar-refractivity contribution >= 4 is 23.6 Å². The van der Waals surface area contributed by atoms with E-state index in [0.29, 0.717) is 17.0 Å². The first-order valence-corrected chi connectivity index (χ1v) is 11.7. The first kappa shape index (κ1) is 29.1.